The fourth-order valence-corrected chi connectivity index (χ4v) is 182. The maximum atomic E-state index is 7.34. The Morgan fingerprint density at radius 2 is 0.619 bits per heavy atom. The third-order valence-electron chi connectivity index (χ3n) is 14.4. The van der Waals surface area contributed by atoms with Crippen molar-refractivity contribution in [3.8, 4) is 0 Å². The molecule has 0 aromatic heterocycles. The number of alkyl halides is 10. The predicted molar refractivity (Wildman–Crippen MR) is 102 cm³/mol. The summed E-state index contributed by atoms with van der Waals surface area (Å²) < 4.78 is -7.53. The third-order valence-corrected chi connectivity index (χ3v) is 102. The molecule has 0 saturated carbocycles. The van der Waals surface area contributed by atoms with E-state index in [0.29, 0.717) is 0 Å². The number of hydrogen-bond acceptors (Lipinski definition) is 0. The number of hydrogen-bond donors (Lipinski definition) is 0. The van der Waals surface area contributed by atoms with Gasteiger partial charge in [-0.2, -0.15) is 0 Å². The van der Waals surface area contributed by atoms with Crippen molar-refractivity contribution in [3.63, 3.8) is 0 Å². The van der Waals surface area contributed by atoms with E-state index in [9.17, 15) is 0 Å². The molecule has 10 aliphatic rings. The van der Waals surface area contributed by atoms with Crippen LogP contribution in [0, 0.1) is 0 Å². The molecule has 1 spiro atoms. The Morgan fingerprint density at radius 1 is 0.429 bits per heavy atom. The van der Waals surface area contributed by atoms with E-state index in [-0.39, 0.29) is 0 Å². The molecule has 118 valence electrons. The van der Waals surface area contributed by atoms with Gasteiger partial charge in [-0.05, 0) is 0 Å². The first-order chi connectivity index (χ1) is 9.08. The van der Waals surface area contributed by atoms with Gasteiger partial charge in [0.1, 0.15) is 0 Å². The molecular formula is C10Cl8FeI2. The zero-order chi connectivity index (χ0) is 15.3. The Balaban J connectivity index is 1.92. The normalized spacial score (nSPS) is 131. The van der Waals surface area contributed by atoms with Crippen LogP contribution in [0.1, 0.15) is 0 Å². The molecular weight excluding hydrogens is 713 g/mol. The fourth-order valence-electron chi connectivity index (χ4n) is 16.3. The first kappa shape index (κ1) is 12.7. The van der Waals surface area contributed by atoms with Crippen molar-refractivity contribution >= 4 is 138 Å². The van der Waals surface area contributed by atoms with Gasteiger partial charge in [-0.1, -0.05) is 0 Å². The Labute approximate surface area is 176 Å². The van der Waals surface area contributed by atoms with Gasteiger partial charge in [-0.3, -0.25) is 0 Å². The molecule has 8 atom stereocenters. The Bertz CT molecular complexity index is 957. The molecule has 11 heteroatoms. The van der Waals surface area contributed by atoms with Gasteiger partial charge >= 0.3 is 179 Å². The van der Waals surface area contributed by atoms with Gasteiger partial charge in [-0.25, -0.2) is 0 Å². The van der Waals surface area contributed by atoms with Crippen molar-refractivity contribution in [1.29, 1.82) is 0 Å². The van der Waals surface area contributed by atoms with Gasteiger partial charge in [0.2, 0.25) is 0 Å². The summed E-state index contributed by atoms with van der Waals surface area (Å²) in [6, 6.07) is 0. The third kappa shape index (κ3) is 0.102. The standard InChI is InChI=1S/2C5Cl4I.Fe/c2*6-1-2(7)4(9)5(10)3(1)8;. The van der Waals surface area contributed by atoms with E-state index in [1.165, 1.54) is 0 Å². The molecule has 0 nitrogen and oxygen atoms in total. The topological polar surface area (TPSA) is 0 Å². The van der Waals surface area contributed by atoms with Gasteiger partial charge in [0.25, 0.3) is 0 Å². The van der Waals surface area contributed by atoms with E-state index in [2.05, 4.69) is 45.2 Å². The molecule has 0 aliphatic carbocycles. The van der Waals surface area contributed by atoms with Crippen LogP contribution >= 0.6 is 138 Å². The quantitative estimate of drug-likeness (QED) is 0.183. The minimum absolute atomic E-state index is 0.493. The summed E-state index contributed by atoms with van der Waals surface area (Å²) in [6.45, 7) is -5.87. The predicted octanol–water partition coefficient (Wildman–Crippen LogP) is 5.23. The van der Waals surface area contributed by atoms with Crippen LogP contribution < -0.4 is 0 Å². The summed E-state index contributed by atoms with van der Waals surface area (Å²) in [4.78, 5) is 0. The molecule has 0 radical (unpaired) electrons. The van der Waals surface area contributed by atoms with Crippen LogP contribution in [0.25, 0.3) is 0 Å². The van der Waals surface area contributed by atoms with Crippen molar-refractivity contribution in [2.45, 2.75) is 34.8 Å². The average Bonchev–Trinajstić information content (AvgIpc) is 3.39. The summed E-state index contributed by atoms with van der Waals surface area (Å²) in [5.74, 6) is 0. The minimum atomic E-state index is -5.87. The first-order valence-electron chi connectivity index (χ1n) is 6.16. The summed E-state index contributed by atoms with van der Waals surface area (Å²) in [5, 5.41) is 0. The molecule has 10 saturated heterocycles. The Hall–Kier alpha value is 4.30. The van der Waals surface area contributed by atoms with Crippen LogP contribution in [0.5, 0.6) is 0 Å². The molecule has 21 heavy (non-hydrogen) atoms. The molecule has 0 bridgehead atoms. The maximum absolute atomic E-state index is 7.34. The van der Waals surface area contributed by atoms with E-state index in [0.717, 1.165) is 0 Å². The molecule has 10 fully saturated rings. The van der Waals surface area contributed by atoms with Gasteiger partial charge in [0.15, 0.2) is 0 Å². The van der Waals surface area contributed by atoms with E-state index in [1.54, 1.807) is 0 Å². The van der Waals surface area contributed by atoms with E-state index < -0.39 is 41.3 Å². The van der Waals surface area contributed by atoms with E-state index in [1.807, 2.05) is 0 Å². The zero-order valence-corrected chi connectivity index (χ0v) is 20.6. The Kier molecular flexibility index (Phi) is 0.668. The second-order valence-electron chi connectivity index (χ2n) is 9.55. The van der Waals surface area contributed by atoms with Crippen LogP contribution in [0.2, 0.25) is 0 Å². The van der Waals surface area contributed by atoms with Crippen LogP contribution in [-0.2, 0) is 6.51 Å². The van der Waals surface area contributed by atoms with Crippen LogP contribution in [-0.4, -0.2) is 34.8 Å². The van der Waals surface area contributed by atoms with Gasteiger partial charge in [0, 0.05) is 0 Å². The van der Waals surface area contributed by atoms with Crippen molar-refractivity contribution in [2.75, 3.05) is 0 Å². The van der Waals surface area contributed by atoms with Gasteiger partial charge in [-0.15, -0.1) is 0 Å². The number of rotatable bonds is 0. The second-order valence-corrected chi connectivity index (χ2v) is 42.3. The monoisotopic (exact) mass is 709 g/mol. The van der Waals surface area contributed by atoms with Crippen molar-refractivity contribution < 1.29 is 6.51 Å². The molecule has 0 aromatic carbocycles. The summed E-state index contributed by atoms with van der Waals surface area (Å²) in [6.07, 6.45) is 0. The van der Waals surface area contributed by atoms with Crippen LogP contribution in [0.3, 0.4) is 0 Å². The number of fused-ring (bicyclic) bond motifs is 10. The Morgan fingerprint density at radius 3 is 0.619 bits per heavy atom. The van der Waals surface area contributed by atoms with Crippen LogP contribution in [0.15, 0.2) is 0 Å². The van der Waals surface area contributed by atoms with E-state index >= 15 is 0 Å². The molecule has 0 aromatic rings. The summed E-state index contributed by atoms with van der Waals surface area (Å²) >= 11 is 63.3. The van der Waals surface area contributed by atoms with Crippen molar-refractivity contribution in [2.24, 2.45) is 0 Å². The van der Waals surface area contributed by atoms with Crippen LogP contribution in [0.4, 0.5) is 0 Å². The molecule has 8 unspecified atom stereocenters. The van der Waals surface area contributed by atoms with Crippen molar-refractivity contribution in [1.82, 2.24) is 0 Å². The summed E-state index contributed by atoms with van der Waals surface area (Å²) in [5.41, 5.74) is 0. The molecule has 10 heterocycles. The SMILES string of the molecule is Cl[C]12[C]3(Cl)[C]4(Cl)[C]5(I)[C]1(Cl)[Fe]23451678[C]2(Cl)[C]1(Cl)[C]6(Cl)[C]7(I)[C]28Cl. The van der Waals surface area contributed by atoms with Gasteiger partial charge < -0.3 is 0 Å². The first-order valence-corrected chi connectivity index (χ1v) is 16.9. The number of halogens is 10. The van der Waals surface area contributed by atoms with E-state index in [4.69, 9.17) is 92.8 Å². The average molecular weight is 713 g/mol. The molecule has 0 N–H and O–H groups in total. The molecule has 10 aliphatic heterocycles. The fraction of sp³-hybridized carbons (Fsp3) is 1.00. The summed E-state index contributed by atoms with van der Waals surface area (Å²) in [7, 11) is 0. The van der Waals surface area contributed by atoms with Crippen molar-refractivity contribution in [3.05, 3.63) is 0 Å². The second kappa shape index (κ2) is 1.10. The molecule has 10 rings (SSSR count). The van der Waals surface area contributed by atoms with Gasteiger partial charge in [0.05, 0.1) is 0 Å². The molecule has 0 amide bonds. The zero-order valence-electron chi connectivity index (χ0n) is 9.13.